The summed E-state index contributed by atoms with van der Waals surface area (Å²) in [6.07, 6.45) is 1.80. The molecule has 0 aliphatic carbocycles. The molecule has 2 aromatic rings. The highest BCUT2D eigenvalue weighted by Crippen LogP contribution is 2.18. The van der Waals surface area contributed by atoms with Gasteiger partial charge in [0.1, 0.15) is 0 Å². The van der Waals surface area contributed by atoms with Gasteiger partial charge in [0.15, 0.2) is 0 Å². The standard InChI is InChI=1S/C15H18N2O/c1-16(2)11-12-4-6-13(7-5-12)14-8-9-17(3)15(18)10-14/h4-10H,11H2,1-3H3. The van der Waals surface area contributed by atoms with Crippen molar-refractivity contribution < 1.29 is 0 Å². The zero-order valence-corrected chi connectivity index (χ0v) is 11.1. The van der Waals surface area contributed by atoms with Crippen LogP contribution in [0.1, 0.15) is 5.56 Å². The van der Waals surface area contributed by atoms with E-state index in [4.69, 9.17) is 0 Å². The lowest BCUT2D eigenvalue weighted by Crippen LogP contribution is -2.14. The topological polar surface area (TPSA) is 25.2 Å². The van der Waals surface area contributed by atoms with Crippen molar-refractivity contribution in [3.8, 4) is 11.1 Å². The third kappa shape index (κ3) is 2.87. The van der Waals surface area contributed by atoms with Gasteiger partial charge in [0.05, 0.1) is 0 Å². The highest BCUT2D eigenvalue weighted by atomic mass is 16.1. The van der Waals surface area contributed by atoms with Crippen LogP contribution in [-0.4, -0.2) is 23.6 Å². The summed E-state index contributed by atoms with van der Waals surface area (Å²) in [5.74, 6) is 0. The molecule has 0 fully saturated rings. The van der Waals surface area contributed by atoms with Crippen molar-refractivity contribution in [1.82, 2.24) is 9.47 Å². The van der Waals surface area contributed by atoms with Crippen molar-refractivity contribution in [2.45, 2.75) is 6.54 Å². The summed E-state index contributed by atoms with van der Waals surface area (Å²) in [4.78, 5) is 13.7. The average Bonchev–Trinajstić information content (AvgIpc) is 2.33. The molecule has 0 unspecified atom stereocenters. The number of aromatic nitrogens is 1. The first-order valence-electron chi connectivity index (χ1n) is 5.97. The minimum Gasteiger partial charge on any atom is -0.319 e. The molecule has 0 atom stereocenters. The van der Waals surface area contributed by atoms with E-state index < -0.39 is 0 Å². The Morgan fingerprint density at radius 2 is 1.72 bits per heavy atom. The average molecular weight is 242 g/mol. The fourth-order valence-corrected chi connectivity index (χ4v) is 1.90. The first-order valence-corrected chi connectivity index (χ1v) is 5.97. The van der Waals surface area contributed by atoms with Crippen molar-refractivity contribution in [1.29, 1.82) is 0 Å². The van der Waals surface area contributed by atoms with Crippen LogP contribution in [0.5, 0.6) is 0 Å². The van der Waals surface area contributed by atoms with E-state index in [1.165, 1.54) is 5.56 Å². The van der Waals surface area contributed by atoms with Crippen LogP contribution < -0.4 is 5.56 Å². The van der Waals surface area contributed by atoms with E-state index in [1.807, 2.05) is 6.07 Å². The molecule has 0 aliphatic rings. The number of aryl methyl sites for hydroxylation is 1. The van der Waals surface area contributed by atoms with Crippen LogP contribution in [0.2, 0.25) is 0 Å². The van der Waals surface area contributed by atoms with Crippen LogP contribution in [0.3, 0.4) is 0 Å². The van der Waals surface area contributed by atoms with E-state index in [2.05, 4.69) is 43.3 Å². The molecule has 94 valence electrons. The lowest BCUT2D eigenvalue weighted by atomic mass is 10.0. The molecule has 0 radical (unpaired) electrons. The van der Waals surface area contributed by atoms with E-state index >= 15 is 0 Å². The molecule has 0 saturated heterocycles. The summed E-state index contributed by atoms with van der Waals surface area (Å²) in [7, 11) is 5.86. The van der Waals surface area contributed by atoms with Gasteiger partial charge in [0, 0.05) is 25.9 Å². The van der Waals surface area contributed by atoms with Crippen molar-refractivity contribution in [3.05, 3.63) is 58.5 Å². The van der Waals surface area contributed by atoms with Gasteiger partial charge in [-0.25, -0.2) is 0 Å². The quantitative estimate of drug-likeness (QED) is 0.823. The molecule has 0 amide bonds. The summed E-state index contributed by atoms with van der Waals surface area (Å²) in [6.45, 7) is 0.927. The maximum atomic E-state index is 11.6. The van der Waals surface area contributed by atoms with Crippen molar-refractivity contribution in [3.63, 3.8) is 0 Å². The predicted molar refractivity (Wildman–Crippen MR) is 74.5 cm³/mol. The minimum absolute atomic E-state index is 0.0184. The number of hydrogen-bond acceptors (Lipinski definition) is 2. The summed E-state index contributed by atoms with van der Waals surface area (Å²) in [6, 6.07) is 12.0. The first-order chi connectivity index (χ1) is 8.56. The van der Waals surface area contributed by atoms with E-state index in [1.54, 1.807) is 23.9 Å². The van der Waals surface area contributed by atoms with Gasteiger partial charge in [-0.2, -0.15) is 0 Å². The molecule has 1 aromatic heterocycles. The Balaban J connectivity index is 2.28. The van der Waals surface area contributed by atoms with Gasteiger partial charge in [0.25, 0.3) is 5.56 Å². The summed E-state index contributed by atoms with van der Waals surface area (Å²) < 4.78 is 1.57. The van der Waals surface area contributed by atoms with Crippen LogP contribution in [0.25, 0.3) is 11.1 Å². The van der Waals surface area contributed by atoms with Crippen molar-refractivity contribution in [2.75, 3.05) is 14.1 Å². The number of rotatable bonds is 3. The predicted octanol–water partition coefficient (Wildman–Crippen LogP) is 2.11. The van der Waals surface area contributed by atoms with Crippen molar-refractivity contribution >= 4 is 0 Å². The van der Waals surface area contributed by atoms with Gasteiger partial charge in [-0.05, 0) is 36.9 Å². The highest BCUT2D eigenvalue weighted by Gasteiger charge is 2.00. The Morgan fingerprint density at radius 3 is 2.28 bits per heavy atom. The second kappa shape index (κ2) is 5.19. The van der Waals surface area contributed by atoms with Crippen LogP contribution >= 0.6 is 0 Å². The van der Waals surface area contributed by atoms with Crippen molar-refractivity contribution in [2.24, 2.45) is 7.05 Å². The molecule has 0 bridgehead atoms. The Kier molecular flexibility index (Phi) is 3.63. The van der Waals surface area contributed by atoms with E-state index in [-0.39, 0.29) is 5.56 Å². The van der Waals surface area contributed by atoms with Gasteiger partial charge < -0.3 is 9.47 Å². The molecule has 3 heteroatoms. The first kappa shape index (κ1) is 12.6. The Hall–Kier alpha value is -1.87. The second-order valence-electron chi connectivity index (χ2n) is 4.80. The Morgan fingerprint density at radius 1 is 1.06 bits per heavy atom. The van der Waals surface area contributed by atoms with Crippen LogP contribution in [-0.2, 0) is 13.6 Å². The van der Waals surface area contributed by atoms with Crippen LogP contribution in [0.4, 0.5) is 0 Å². The molecule has 1 aromatic carbocycles. The second-order valence-corrected chi connectivity index (χ2v) is 4.80. The van der Waals surface area contributed by atoms with E-state index in [0.717, 1.165) is 17.7 Å². The fourth-order valence-electron chi connectivity index (χ4n) is 1.90. The van der Waals surface area contributed by atoms with E-state index in [9.17, 15) is 4.79 Å². The van der Waals surface area contributed by atoms with Gasteiger partial charge in [-0.15, -0.1) is 0 Å². The molecule has 0 aliphatic heterocycles. The molecule has 1 heterocycles. The summed E-state index contributed by atoms with van der Waals surface area (Å²) in [5.41, 5.74) is 3.34. The number of benzene rings is 1. The molecule has 0 N–H and O–H groups in total. The lowest BCUT2D eigenvalue weighted by Gasteiger charge is -2.10. The largest absolute Gasteiger partial charge is 0.319 e. The molecule has 2 rings (SSSR count). The van der Waals surface area contributed by atoms with Gasteiger partial charge in [0.2, 0.25) is 0 Å². The number of nitrogens with zero attached hydrogens (tertiary/aromatic N) is 2. The third-order valence-electron chi connectivity index (χ3n) is 2.89. The highest BCUT2D eigenvalue weighted by molar-refractivity contribution is 5.62. The van der Waals surface area contributed by atoms with E-state index in [0.29, 0.717) is 0 Å². The fraction of sp³-hybridized carbons (Fsp3) is 0.267. The van der Waals surface area contributed by atoms with Gasteiger partial charge in [-0.3, -0.25) is 4.79 Å². The minimum atomic E-state index is 0.0184. The van der Waals surface area contributed by atoms with Crippen LogP contribution in [0.15, 0.2) is 47.4 Å². The van der Waals surface area contributed by atoms with Gasteiger partial charge >= 0.3 is 0 Å². The summed E-state index contributed by atoms with van der Waals surface area (Å²) >= 11 is 0. The maximum absolute atomic E-state index is 11.6. The van der Waals surface area contributed by atoms with Crippen LogP contribution in [0, 0.1) is 0 Å². The Labute approximate surface area is 107 Å². The molecular weight excluding hydrogens is 224 g/mol. The zero-order valence-electron chi connectivity index (χ0n) is 11.1. The monoisotopic (exact) mass is 242 g/mol. The number of pyridine rings is 1. The molecule has 0 saturated carbocycles. The SMILES string of the molecule is CN(C)Cc1ccc(-c2ccn(C)c(=O)c2)cc1. The molecule has 18 heavy (non-hydrogen) atoms. The lowest BCUT2D eigenvalue weighted by molar-refractivity contribution is 0.402. The normalized spacial score (nSPS) is 10.9. The summed E-state index contributed by atoms with van der Waals surface area (Å²) in [5, 5.41) is 0. The smallest absolute Gasteiger partial charge is 0.250 e. The van der Waals surface area contributed by atoms with Gasteiger partial charge in [-0.1, -0.05) is 24.3 Å². The maximum Gasteiger partial charge on any atom is 0.250 e. The molecular formula is C15H18N2O. The molecule has 3 nitrogen and oxygen atoms in total. The number of hydrogen-bond donors (Lipinski definition) is 0. The Bertz CT molecular complexity index is 582. The zero-order chi connectivity index (χ0) is 13.1. The molecule has 0 spiro atoms. The third-order valence-corrected chi connectivity index (χ3v) is 2.89.